The molecule has 4 aliphatic carbocycles. The fraction of sp³-hybridized carbons (Fsp3) is 0.682. The van der Waals surface area contributed by atoms with E-state index in [2.05, 4.69) is 17.5 Å². The van der Waals surface area contributed by atoms with E-state index in [-0.39, 0.29) is 23.2 Å². The Morgan fingerprint density at radius 2 is 2.07 bits per heavy atom. The van der Waals surface area contributed by atoms with Crippen molar-refractivity contribution >= 4 is 17.5 Å². The van der Waals surface area contributed by atoms with Gasteiger partial charge < -0.3 is 21.1 Å². The number of urea groups is 1. The molecule has 8 heteroatoms. The highest BCUT2D eigenvalue weighted by atomic mass is 16.3. The van der Waals surface area contributed by atoms with Crippen molar-refractivity contribution in [3.63, 3.8) is 0 Å². The van der Waals surface area contributed by atoms with E-state index in [1.54, 1.807) is 0 Å². The van der Waals surface area contributed by atoms with Crippen LogP contribution >= 0.6 is 0 Å². The summed E-state index contributed by atoms with van der Waals surface area (Å²) in [5, 5.41) is 36.0. The molecule has 164 valence electrons. The minimum atomic E-state index is -1.59. The summed E-state index contributed by atoms with van der Waals surface area (Å²) in [6.45, 7) is 3.34. The molecule has 0 aromatic heterocycles. The molecule has 0 unspecified atom stereocenters. The Morgan fingerprint density at radius 1 is 1.33 bits per heavy atom. The molecule has 0 spiro atoms. The van der Waals surface area contributed by atoms with Gasteiger partial charge in [-0.15, -0.1) is 0 Å². The number of ketones is 1. The number of carbonyl (C=O) groups is 2. The number of hydrazone groups is 1. The molecule has 0 aliphatic heterocycles. The Balaban J connectivity index is 1.67. The van der Waals surface area contributed by atoms with Gasteiger partial charge in [-0.3, -0.25) is 4.79 Å². The van der Waals surface area contributed by atoms with Crippen LogP contribution in [0.4, 0.5) is 4.79 Å². The topological polar surface area (TPSA) is 145 Å². The van der Waals surface area contributed by atoms with Gasteiger partial charge in [0, 0.05) is 16.7 Å². The first-order valence-corrected chi connectivity index (χ1v) is 10.6. The van der Waals surface area contributed by atoms with Gasteiger partial charge in [-0.2, -0.15) is 5.10 Å². The molecule has 8 nitrogen and oxygen atoms in total. The van der Waals surface area contributed by atoms with Crippen LogP contribution in [-0.4, -0.2) is 51.2 Å². The summed E-state index contributed by atoms with van der Waals surface area (Å²) >= 11 is 0. The van der Waals surface area contributed by atoms with E-state index in [1.165, 1.54) is 0 Å². The highest BCUT2D eigenvalue weighted by Crippen LogP contribution is 2.67. The number of amides is 2. The van der Waals surface area contributed by atoms with Crippen molar-refractivity contribution in [2.75, 3.05) is 6.61 Å². The van der Waals surface area contributed by atoms with Crippen LogP contribution in [0.15, 0.2) is 28.9 Å². The second kappa shape index (κ2) is 7.00. The van der Waals surface area contributed by atoms with E-state index in [0.717, 1.165) is 18.4 Å². The molecule has 4 aliphatic rings. The number of aliphatic hydroxyl groups excluding tert-OH is 2. The molecule has 0 saturated heterocycles. The van der Waals surface area contributed by atoms with Gasteiger partial charge in [0.15, 0.2) is 5.78 Å². The third-order valence-electron chi connectivity index (χ3n) is 8.56. The molecule has 0 bridgehead atoms. The van der Waals surface area contributed by atoms with Gasteiger partial charge in [0.05, 0.1) is 11.8 Å². The SMILES string of the molecule is C[C@]12C=C/C(=N\NC(N)=O)C=C1CC[C@@H]1[C@@H]2[C@@H](O)C[C@@]2(C)[C@H]1CC[C@]2(O)C(=O)CO. The molecule has 0 heterocycles. The first-order valence-electron chi connectivity index (χ1n) is 10.6. The van der Waals surface area contributed by atoms with Crippen LogP contribution < -0.4 is 11.2 Å². The maximum absolute atomic E-state index is 12.4. The number of hydrogen-bond acceptors (Lipinski definition) is 6. The van der Waals surface area contributed by atoms with E-state index in [0.29, 0.717) is 25.0 Å². The average Bonchev–Trinajstić information content (AvgIpc) is 2.96. The van der Waals surface area contributed by atoms with E-state index >= 15 is 0 Å². The number of aliphatic hydroxyl groups is 3. The zero-order valence-electron chi connectivity index (χ0n) is 17.5. The normalized spacial score (nSPS) is 45.9. The Labute approximate surface area is 175 Å². The Morgan fingerprint density at radius 3 is 2.73 bits per heavy atom. The Kier molecular flexibility index (Phi) is 4.95. The maximum Gasteiger partial charge on any atom is 0.332 e. The largest absolute Gasteiger partial charge is 0.393 e. The molecule has 3 fully saturated rings. The first kappa shape index (κ1) is 21.2. The number of nitrogens with zero attached hydrogens (tertiary/aromatic N) is 1. The van der Waals surface area contributed by atoms with E-state index in [1.807, 2.05) is 25.2 Å². The van der Waals surface area contributed by atoms with Crippen molar-refractivity contribution < 1.29 is 24.9 Å². The first-order chi connectivity index (χ1) is 14.1. The summed E-state index contributed by atoms with van der Waals surface area (Å²) in [4.78, 5) is 23.4. The monoisotopic (exact) mass is 417 g/mol. The zero-order valence-corrected chi connectivity index (χ0v) is 17.5. The summed E-state index contributed by atoms with van der Waals surface area (Å²) in [5.41, 5.74) is 6.41. The third kappa shape index (κ3) is 2.81. The predicted molar refractivity (Wildman–Crippen MR) is 110 cm³/mol. The fourth-order valence-electron chi connectivity index (χ4n) is 7.12. The molecular formula is C22H31N3O5. The smallest absolute Gasteiger partial charge is 0.332 e. The second-order valence-corrected chi connectivity index (χ2v) is 9.80. The van der Waals surface area contributed by atoms with Crippen molar-refractivity contribution in [1.82, 2.24) is 5.43 Å². The Bertz CT molecular complexity index is 867. The summed E-state index contributed by atoms with van der Waals surface area (Å²) in [7, 11) is 0. The van der Waals surface area contributed by atoms with Gasteiger partial charge in [0.25, 0.3) is 0 Å². The van der Waals surface area contributed by atoms with Crippen LogP contribution in [-0.2, 0) is 4.79 Å². The number of Topliss-reactive ketones (excluding diaryl/α,β-unsaturated/α-hetero) is 1. The summed E-state index contributed by atoms with van der Waals surface area (Å²) < 4.78 is 0. The number of primary amides is 1. The average molecular weight is 418 g/mol. The second-order valence-electron chi connectivity index (χ2n) is 9.80. The highest BCUT2D eigenvalue weighted by Gasteiger charge is 2.67. The third-order valence-corrected chi connectivity index (χ3v) is 8.56. The zero-order chi connectivity index (χ0) is 21.9. The van der Waals surface area contributed by atoms with Crippen LogP contribution in [0.1, 0.15) is 46.0 Å². The van der Waals surface area contributed by atoms with Gasteiger partial charge in [-0.25, -0.2) is 10.2 Å². The molecule has 7 atom stereocenters. The molecule has 6 N–H and O–H groups in total. The van der Waals surface area contributed by atoms with Crippen molar-refractivity contribution in [3.05, 3.63) is 23.8 Å². The number of nitrogens with two attached hydrogens (primary N) is 1. The lowest BCUT2D eigenvalue weighted by Gasteiger charge is -2.59. The highest BCUT2D eigenvalue weighted by molar-refractivity contribution is 6.06. The number of allylic oxidation sites excluding steroid dienone is 4. The van der Waals surface area contributed by atoms with Crippen LogP contribution in [0, 0.1) is 28.6 Å². The number of hydrogen-bond donors (Lipinski definition) is 5. The van der Waals surface area contributed by atoms with Gasteiger partial charge >= 0.3 is 6.03 Å². The number of carbonyl (C=O) groups excluding carboxylic acids is 2. The van der Waals surface area contributed by atoms with Crippen molar-refractivity contribution in [2.45, 2.75) is 57.7 Å². The van der Waals surface area contributed by atoms with Gasteiger partial charge in [-0.1, -0.05) is 25.5 Å². The Hall–Kier alpha value is -2.03. The summed E-state index contributed by atoms with van der Waals surface area (Å²) in [6.07, 6.45) is 8.16. The van der Waals surface area contributed by atoms with Crippen LogP contribution in [0.5, 0.6) is 0 Å². The minimum Gasteiger partial charge on any atom is -0.393 e. The quantitative estimate of drug-likeness (QED) is 0.435. The number of fused-ring (bicyclic) bond motifs is 5. The van der Waals surface area contributed by atoms with Gasteiger partial charge in [-0.05, 0) is 56.1 Å². The number of nitrogens with one attached hydrogen (secondary N) is 1. The van der Waals surface area contributed by atoms with E-state index in [4.69, 9.17) is 5.73 Å². The van der Waals surface area contributed by atoms with Crippen molar-refractivity contribution in [2.24, 2.45) is 39.4 Å². The molecule has 0 aromatic carbocycles. The minimum absolute atomic E-state index is 0.0379. The van der Waals surface area contributed by atoms with E-state index in [9.17, 15) is 24.9 Å². The lowest BCUT2D eigenvalue weighted by Crippen LogP contribution is -2.61. The molecule has 0 radical (unpaired) electrons. The maximum atomic E-state index is 12.4. The summed E-state index contributed by atoms with van der Waals surface area (Å²) in [5.74, 6) is -0.316. The lowest BCUT2D eigenvalue weighted by molar-refractivity contribution is -0.178. The molecule has 2 amide bonds. The molecular weight excluding hydrogens is 386 g/mol. The predicted octanol–water partition coefficient (Wildman–Crippen LogP) is 1.01. The van der Waals surface area contributed by atoms with Gasteiger partial charge in [0.1, 0.15) is 12.2 Å². The van der Waals surface area contributed by atoms with Crippen LogP contribution in [0.3, 0.4) is 0 Å². The lowest BCUT2D eigenvalue weighted by atomic mass is 9.46. The van der Waals surface area contributed by atoms with Crippen molar-refractivity contribution in [1.29, 1.82) is 0 Å². The molecule has 4 rings (SSSR count). The molecule has 0 aromatic rings. The van der Waals surface area contributed by atoms with Gasteiger partial charge in [0.2, 0.25) is 0 Å². The van der Waals surface area contributed by atoms with Crippen molar-refractivity contribution in [3.8, 4) is 0 Å². The summed E-state index contributed by atoms with van der Waals surface area (Å²) in [6, 6.07) is -0.723. The molecule has 3 saturated carbocycles. The van der Waals surface area contributed by atoms with Crippen LogP contribution in [0.2, 0.25) is 0 Å². The van der Waals surface area contributed by atoms with E-state index < -0.39 is 35.5 Å². The van der Waals surface area contributed by atoms with Crippen LogP contribution in [0.25, 0.3) is 0 Å². The molecule has 30 heavy (non-hydrogen) atoms. The fourth-order valence-corrected chi connectivity index (χ4v) is 7.12. The standard InChI is InChI=1S/C22H31N3O5/c1-20-7-5-13(24-25-19(23)29)9-12(20)3-4-14-15-6-8-22(30,17(28)11-26)21(15,2)10-16(27)18(14)20/h5,7,9,14-16,18,26-27,30H,3-4,6,8,10-11H2,1-2H3,(H3,23,25,29)/b24-13+/t14-,15-,16-,18+,20-,21-,22-/m0/s1. The number of rotatable bonds is 3.